The van der Waals surface area contributed by atoms with Gasteiger partial charge in [-0.3, -0.25) is 4.79 Å². The van der Waals surface area contributed by atoms with Crippen LogP contribution in [0.25, 0.3) is 0 Å². The van der Waals surface area contributed by atoms with Crippen molar-refractivity contribution in [3.63, 3.8) is 0 Å². The van der Waals surface area contributed by atoms with Crippen LogP contribution in [0.4, 0.5) is 0 Å². The van der Waals surface area contributed by atoms with Crippen molar-refractivity contribution in [1.29, 1.82) is 0 Å². The van der Waals surface area contributed by atoms with Gasteiger partial charge in [-0.25, -0.2) is 0 Å². The molecule has 0 spiro atoms. The molecule has 0 aromatic heterocycles. The van der Waals surface area contributed by atoms with E-state index in [4.69, 9.17) is 10.5 Å². The Morgan fingerprint density at radius 2 is 1.86 bits per heavy atom. The molecule has 2 N–H and O–H groups in total. The zero-order chi connectivity index (χ0) is 9.87. The number of rotatable bonds is 1. The van der Waals surface area contributed by atoms with Gasteiger partial charge in [-0.15, -0.1) is 0 Å². The van der Waals surface area contributed by atoms with E-state index in [9.17, 15) is 4.79 Å². The Bertz CT molecular complexity index is 278. The lowest BCUT2D eigenvalue weighted by Crippen LogP contribution is -2.53. The Hall–Kier alpha value is -0.570. The lowest BCUT2D eigenvalue weighted by molar-refractivity contribution is -0.153. The minimum absolute atomic E-state index is 0.00231. The SMILES string of the molecule is COC(=O)[C@@H]1C2CCC(C3CC32)[C@@H]1N. The van der Waals surface area contributed by atoms with E-state index in [1.54, 1.807) is 0 Å². The molecule has 4 unspecified atom stereocenters. The molecule has 4 fully saturated rings. The van der Waals surface area contributed by atoms with E-state index in [0.717, 1.165) is 11.8 Å². The van der Waals surface area contributed by atoms with Gasteiger partial charge in [0.15, 0.2) is 0 Å². The van der Waals surface area contributed by atoms with Crippen LogP contribution in [-0.2, 0) is 9.53 Å². The van der Waals surface area contributed by atoms with E-state index in [2.05, 4.69) is 0 Å². The third-order valence-corrected chi connectivity index (χ3v) is 4.67. The van der Waals surface area contributed by atoms with Gasteiger partial charge >= 0.3 is 5.97 Å². The summed E-state index contributed by atoms with van der Waals surface area (Å²) in [6, 6.07) is 0.0740. The van der Waals surface area contributed by atoms with Crippen LogP contribution in [0.15, 0.2) is 0 Å². The highest BCUT2D eigenvalue weighted by Crippen LogP contribution is 2.63. The molecule has 14 heavy (non-hydrogen) atoms. The Kier molecular flexibility index (Phi) is 1.69. The van der Waals surface area contributed by atoms with Gasteiger partial charge in [-0.2, -0.15) is 0 Å². The summed E-state index contributed by atoms with van der Waals surface area (Å²) >= 11 is 0. The molecule has 4 aliphatic carbocycles. The second-order valence-electron chi connectivity index (χ2n) is 5.09. The van der Waals surface area contributed by atoms with E-state index in [0.29, 0.717) is 11.8 Å². The maximum atomic E-state index is 11.6. The minimum Gasteiger partial charge on any atom is -0.469 e. The fourth-order valence-electron chi connectivity index (χ4n) is 3.98. The van der Waals surface area contributed by atoms with Crippen LogP contribution in [-0.4, -0.2) is 19.1 Å². The van der Waals surface area contributed by atoms with Gasteiger partial charge in [-0.05, 0) is 42.9 Å². The summed E-state index contributed by atoms with van der Waals surface area (Å²) in [5.74, 6) is 2.73. The number of fused-ring (bicyclic) bond motifs is 2. The second kappa shape index (κ2) is 2.72. The van der Waals surface area contributed by atoms with Crippen LogP contribution in [0.2, 0.25) is 0 Å². The van der Waals surface area contributed by atoms with Crippen molar-refractivity contribution in [3.8, 4) is 0 Å². The average Bonchev–Trinajstić information content (AvgIpc) is 2.97. The predicted molar refractivity (Wildman–Crippen MR) is 51.3 cm³/mol. The Balaban J connectivity index is 1.88. The summed E-state index contributed by atoms with van der Waals surface area (Å²) in [6.45, 7) is 0. The third-order valence-electron chi connectivity index (χ3n) is 4.67. The molecule has 0 radical (unpaired) electrons. The van der Waals surface area contributed by atoms with Crippen molar-refractivity contribution in [2.45, 2.75) is 25.3 Å². The molecule has 3 heteroatoms. The standard InChI is InChI=1S/C11H17NO2/c1-14-11(13)9-5-2-3-6(10(9)12)8-4-7(5)8/h5-10H,2-4,12H2,1H3/t5?,6?,7?,8?,9-,10+/m1/s1. The average molecular weight is 195 g/mol. The molecule has 0 aromatic carbocycles. The lowest BCUT2D eigenvalue weighted by atomic mass is 9.62. The summed E-state index contributed by atoms with van der Waals surface area (Å²) in [5, 5.41) is 0. The van der Waals surface area contributed by atoms with E-state index >= 15 is 0 Å². The zero-order valence-corrected chi connectivity index (χ0v) is 8.48. The van der Waals surface area contributed by atoms with Crippen LogP contribution in [0, 0.1) is 29.6 Å². The van der Waals surface area contributed by atoms with Crippen molar-refractivity contribution >= 4 is 5.97 Å². The van der Waals surface area contributed by atoms with Gasteiger partial charge in [0.1, 0.15) is 0 Å². The van der Waals surface area contributed by atoms with Crippen LogP contribution in [0.5, 0.6) is 0 Å². The van der Waals surface area contributed by atoms with Crippen LogP contribution in [0.1, 0.15) is 19.3 Å². The summed E-state index contributed by atoms with van der Waals surface area (Å²) < 4.78 is 4.86. The molecule has 78 valence electrons. The van der Waals surface area contributed by atoms with Crippen LogP contribution < -0.4 is 5.73 Å². The van der Waals surface area contributed by atoms with Crippen molar-refractivity contribution in [2.24, 2.45) is 35.3 Å². The third kappa shape index (κ3) is 0.937. The maximum Gasteiger partial charge on any atom is 0.310 e. The Morgan fingerprint density at radius 3 is 2.57 bits per heavy atom. The molecule has 6 atom stereocenters. The molecule has 4 saturated carbocycles. The van der Waals surface area contributed by atoms with Crippen molar-refractivity contribution < 1.29 is 9.53 Å². The summed E-state index contributed by atoms with van der Waals surface area (Å²) in [5.41, 5.74) is 6.16. The number of hydrogen-bond acceptors (Lipinski definition) is 3. The molecule has 0 heterocycles. The molecule has 0 amide bonds. The zero-order valence-electron chi connectivity index (χ0n) is 8.48. The predicted octanol–water partition coefficient (Wildman–Crippen LogP) is 0.779. The van der Waals surface area contributed by atoms with E-state index in [-0.39, 0.29) is 17.9 Å². The first-order valence-electron chi connectivity index (χ1n) is 5.57. The molecule has 4 rings (SSSR count). The number of carbonyl (C=O) groups excluding carboxylic acids is 1. The van der Waals surface area contributed by atoms with E-state index in [1.165, 1.54) is 26.4 Å². The van der Waals surface area contributed by atoms with Crippen molar-refractivity contribution in [1.82, 2.24) is 0 Å². The molecular weight excluding hydrogens is 178 g/mol. The topological polar surface area (TPSA) is 52.3 Å². The highest BCUT2D eigenvalue weighted by molar-refractivity contribution is 5.74. The fourth-order valence-corrected chi connectivity index (χ4v) is 3.98. The van der Waals surface area contributed by atoms with Gasteiger partial charge in [0, 0.05) is 6.04 Å². The van der Waals surface area contributed by atoms with Gasteiger partial charge < -0.3 is 10.5 Å². The Morgan fingerprint density at radius 1 is 1.21 bits per heavy atom. The number of nitrogens with two attached hydrogens (primary N) is 1. The van der Waals surface area contributed by atoms with Gasteiger partial charge in [0.25, 0.3) is 0 Å². The molecule has 0 saturated heterocycles. The maximum absolute atomic E-state index is 11.6. The number of carbonyl (C=O) groups is 1. The monoisotopic (exact) mass is 195 g/mol. The van der Waals surface area contributed by atoms with Crippen molar-refractivity contribution in [3.05, 3.63) is 0 Å². The quantitative estimate of drug-likeness (QED) is 0.629. The normalized spacial score (nSPS) is 53.9. The summed E-state index contributed by atoms with van der Waals surface area (Å²) in [7, 11) is 1.47. The number of methoxy groups -OCH3 is 1. The van der Waals surface area contributed by atoms with Crippen molar-refractivity contribution in [2.75, 3.05) is 7.11 Å². The fraction of sp³-hybridized carbons (Fsp3) is 0.909. The Labute approximate surface area is 84.0 Å². The first kappa shape index (κ1) is 8.72. The number of esters is 1. The smallest absolute Gasteiger partial charge is 0.310 e. The summed E-state index contributed by atoms with van der Waals surface area (Å²) in [6.07, 6.45) is 3.75. The van der Waals surface area contributed by atoms with E-state index in [1.807, 2.05) is 0 Å². The molecule has 0 aromatic rings. The molecule has 3 nitrogen and oxygen atoms in total. The molecule has 4 aliphatic rings. The highest BCUT2D eigenvalue weighted by Gasteiger charge is 2.62. The van der Waals surface area contributed by atoms with Crippen LogP contribution >= 0.6 is 0 Å². The number of hydrogen-bond donors (Lipinski definition) is 1. The lowest BCUT2D eigenvalue weighted by Gasteiger charge is -2.45. The first-order valence-corrected chi connectivity index (χ1v) is 5.57. The number of ether oxygens (including phenoxy) is 1. The molecular formula is C11H17NO2. The molecule has 2 bridgehead atoms. The van der Waals surface area contributed by atoms with Gasteiger partial charge in [0.2, 0.25) is 0 Å². The molecule has 0 aliphatic heterocycles. The van der Waals surface area contributed by atoms with E-state index < -0.39 is 0 Å². The second-order valence-corrected chi connectivity index (χ2v) is 5.09. The highest BCUT2D eigenvalue weighted by atomic mass is 16.5. The first-order chi connectivity index (χ1) is 6.74. The summed E-state index contributed by atoms with van der Waals surface area (Å²) in [4.78, 5) is 11.6. The largest absolute Gasteiger partial charge is 0.469 e. The van der Waals surface area contributed by atoms with Crippen LogP contribution in [0.3, 0.4) is 0 Å². The van der Waals surface area contributed by atoms with Gasteiger partial charge in [-0.1, -0.05) is 0 Å². The van der Waals surface area contributed by atoms with Gasteiger partial charge in [0.05, 0.1) is 13.0 Å². The minimum atomic E-state index is -0.0717.